The molecule has 0 radical (unpaired) electrons. The normalized spacial score (nSPS) is 11.9. The summed E-state index contributed by atoms with van der Waals surface area (Å²) in [7, 11) is 1.42. The number of carbonyl (C=O) groups excluding carboxylic acids is 1. The van der Waals surface area contributed by atoms with E-state index < -0.39 is 17.9 Å². The molecule has 1 unspecified atom stereocenters. The van der Waals surface area contributed by atoms with Crippen molar-refractivity contribution in [2.24, 2.45) is 7.05 Å². The second kappa shape index (κ2) is 5.95. The lowest BCUT2D eigenvalue weighted by Gasteiger charge is -2.13. The smallest absolute Gasteiger partial charge is 0.326 e. The molecule has 0 aliphatic rings. The molecule has 7 heteroatoms. The molecule has 0 aliphatic carbocycles. The van der Waals surface area contributed by atoms with E-state index in [4.69, 9.17) is 5.11 Å². The summed E-state index contributed by atoms with van der Waals surface area (Å²) in [6.45, 7) is 1.83. The summed E-state index contributed by atoms with van der Waals surface area (Å²) < 4.78 is 1.02. The minimum absolute atomic E-state index is 0.0134. The van der Waals surface area contributed by atoms with Crippen LogP contribution in [0.5, 0.6) is 0 Å². The number of nitrogens with one attached hydrogen (secondary N) is 1. The zero-order chi connectivity index (χ0) is 13.7. The zero-order valence-electron chi connectivity index (χ0n) is 10.2. The van der Waals surface area contributed by atoms with Crippen LogP contribution in [0.15, 0.2) is 16.9 Å². The van der Waals surface area contributed by atoms with Gasteiger partial charge in [0.15, 0.2) is 0 Å². The van der Waals surface area contributed by atoms with Crippen LogP contribution in [0, 0.1) is 0 Å². The molecule has 1 aromatic rings. The highest BCUT2D eigenvalue weighted by Crippen LogP contribution is 1.99. The summed E-state index contributed by atoms with van der Waals surface area (Å²) >= 11 is 0. The lowest BCUT2D eigenvalue weighted by Crippen LogP contribution is -2.41. The van der Waals surface area contributed by atoms with Gasteiger partial charge in [-0.25, -0.2) is 9.48 Å². The average molecular weight is 253 g/mol. The Morgan fingerprint density at radius 2 is 2.17 bits per heavy atom. The Balaban J connectivity index is 2.83. The van der Waals surface area contributed by atoms with E-state index in [9.17, 15) is 14.4 Å². The zero-order valence-corrected chi connectivity index (χ0v) is 10.2. The molecular formula is C11H15N3O4. The van der Waals surface area contributed by atoms with Crippen LogP contribution in [0.4, 0.5) is 0 Å². The minimum Gasteiger partial charge on any atom is -0.480 e. The van der Waals surface area contributed by atoms with Gasteiger partial charge in [-0.15, -0.1) is 0 Å². The fourth-order valence-corrected chi connectivity index (χ4v) is 1.40. The monoisotopic (exact) mass is 253 g/mol. The van der Waals surface area contributed by atoms with Crippen molar-refractivity contribution < 1.29 is 14.7 Å². The van der Waals surface area contributed by atoms with E-state index in [0.717, 1.165) is 4.68 Å². The number of nitrogens with zero attached hydrogens (tertiary/aromatic N) is 2. The van der Waals surface area contributed by atoms with E-state index in [2.05, 4.69) is 10.4 Å². The lowest BCUT2D eigenvalue weighted by molar-refractivity contribution is -0.139. The molecule has 7 nitrogen and oxygen atoms in total. The van der Waals surface area contributed by atoms with Crippen LogP contribution in [0.2, 0.25) is 0 Å². The van der Waals surface area contributed by atoms with Crippen LogP contribution < -0.4 is 10.9 Å². The topological polar surface area (TPSA) is 101 Å². The van der Waals surface area contributed by atoms with E-state index in [1.807, 2.05) is 6.92 Å². The third-order valence-electron chi connectivity index (χ3n) is 2.37. The highest BCUT2D eigenvalue weighted by atomic mass is 16.4. The van der Waals surface area contributed by atoms with Crippen LogP contribution in [0.1, 0.15) is 30.3 Å². The number of hydrogen-bond acceptors (Lipinski definition) is 4. The van der Waals surface area contributed by atoms with Crippen LogP contribution in [0.3, 0.4) is 0 Å². The Hall–Kier alpha value is -2.18. The number of aromatic nitrogens is 2. The predicted molar refractivity (Wildman–Crippen MR) is 63.3 cm³/mol. The van der Waals surface area contributed by atoms with Crippen molar-refractivity contribution >= 4 is 11.9 Å². The lowest BCUT2D eigenvalue weighted by atomic mass is 10.1. The number of hydrogen-bond donors (Lipinski definition) is 2. The molecule has 1 amide bonds. The van der Waals surface area contributed by atoms with Crippen molar-refractivity contribution in [1.29, 1.82) is 0 Å². The number of carboxylic acids is 1. The maximum Gasteiger partial charge on any atom is 0.326 e. The number of carboxylic acid groups (broad SMARTS) is 1. The fraction of sp³-hybridized carbons (Fsp3) is 0.455. The molecule has 2 N–H and O–H groups in total. The van der Waals surface area contributed by atoms with E-state index in [1.165, 1.54) is 19.2 Å². The molecule has 1 aromatic heterocycles. The quantitative estimate of drug-likeness (QED) is 0.754. The van der Waals surface area contributed by atoms with Crippen molar-refractivity contribution in [2.75, 3.05) is 0 Å². The van der Waals surface area contributed by atoms with Gasteiger partial charge in [0.25, 0.3) is 11.5 Å². The van der Waals surface area contributed by atoms with Crippen LogP contribution in [0.25, 0.3) is 0 Å². The Kier molecular flexibility index (Phi) is 4.59. The summed E-state index contributed by atoms with van der Waals surface area (Å²) in [5, 5.41) is 15.0. The van der Waals surface area contributed by atoms with Gasteiger partial charge < -0.3 is 10.4 Å². The van der Waals surface area contributed by atoms with Crippen molar-refractivity contribution in [3.05, 3.63) is 28.2 Å². The van der Waals surface area contributed by atoms with Crippen LogP contribution in [-0.4, -0.2) is 32.8 Å². The number of aryl methyl sites for hydroxylation is 1. The molecular weight excluding hydrogens is 238 g/mol. The first-order valence-corrected chi connectivity index (χ1v) is 5.53. The molecule has 18 heavy (non-hydrogen) atoms. The summed E-state index contributed by atoms with van der Waals surface area (Å²) in [6, 6.07) is 1.53. The Morgan fingerprint density at radius 3 is 2.67 bits per heavy atom. The summed E-state index contributed by atoms with van der Waals surface area (Å²) in [6.07, 6.45) is 0.977. The molecule has 0 saturated heterocycles. The Labute approximate surface area is 103 Å². The number of aliphatic carboxylic acids is 1. The van der Waals surface area contributed by atoms with Crippen molar-refractivity contribution in [1.82, 2.24) is 15.1 Å². The molecule has 0 spiro atoms. The highest BCUT2D eigenvalue weighted by molar-refractivity contribution is 5.94. The molecule has 98 valence electrons. The molecule has 0 saturated carbocycles. The largest absolute Gasteiger partial charge is 0.480 e. The molecule has 1 rings (SSSR count). The first-order valence-electron chi connectivity index (χ1n) is 5.53. The van der Waals surface area contributed by atoms with E-state index in [0.29, 0.717) is 12.8 Å². The van der Waals surface area contributed by atoms with Crippen LogP contribution in [-0.2, 0) is 11.8 Å². The Morgan fingerprint density at radius 1 is 1.50 bits per heavy atom. The standard InChI is InChI=1S/C11H15N3O4/c1-3-4-8(11(17)18)12-10(16)7-5-6-9(15)14(2)13-7/h5-6,8H,3-4H2,1-2H3,(H,12,16)(H,17,18). The highest BCUT2D eigenvalue weighted by Gasteiger charge is 2.20. The van der Waals surface area contributed by atoms with E-state index >= 15 is 0 Å². The van der Waals surface area contributed by atoms with Crippen molar-refractivity contribution in [2.45, 2.75) is 25.8 Å². The first kappa shape index (κ1) is 13.9. The van der Waals surface area contributed by atoms with Gasteiger partial charge in [0.1, 0.15) is 11.7 Å². The molecule has 0 bridgehead atoms. The van der Waals surface area contributed by atoms with Gasteiger partial charge in [0.05, 0.1) is 0 Å². The van der Waals surface area contributed by atoms with Crippen molar-refractivity contribution in [3.8, 4) is 0 Å². The molecule has 0 aliphatic heterocycles. The van der Waals surface area contributed by atoms with Gasteiger partial charge in [0.2, 0.25) is 0 Å². The summed E-state index contributed by atoms with van der Waals surface area (Å²) in [4.78, 5) is 33.7. The number of carbonyl (C=O) groups is 2. The van der Waals surface area contributed by atoms with Crippen molar-refractivity contribution in [3.63, 3.8) is 0 Å². The first-order chi connectivity index (χ1) is 8.45. The van der Waals surface area contributed by atoms with E-state index in [1.54, 1.807) is 0 Å². The third-order valence-corrected chi connectivity index (χ3v) is 2.37. The molecule has 0 aromatic carbocycles. The average Bonchev–Trinajstić information content (AvgIpc) is 2.31. The van der Waals surface area contributed by atoms with Gasteiger partial charge in [-0.3, -0.25) is 9.59 Å². The van der Waals surface area contributed by atoms with E-state index in [-0.39, 0.29) is 11.3 Å². The van der Waals surface area contributed by atoms with Crippen LogP contribution >= 0.6 is 0 Å². The predicted octanol–water partition coefficient (Wildman–Crippen LogP) is -0.237. The van der Waals surface area contributed by atoms with Gasteiger partial charge in [-0.2, -0.15) is 5.10 Å². The van der Waals surface area contributed by atoms with Gasteiger partial charge in [-0.05, 0) is 12.5 Å². The number of rotatable bonds is 5. The Bertz CT molecular complexity index is 509. The minimum atomic E-state index is -1.09. The SMILES string of the molecule is CCCC(NC(=O)c1ccc(=O)n(C)n1)C(=O)O. The maximum absolute atomic E-state index is 11.7. The van der Waals surface area contributed by atoms with Gasteiger partial charge in [0, 0.05) is 13.1 Å². The summed E-state index contributed by atoms with van der Waals surface area (Å²) in [5.41, 5.74) is -0.325. The van der Waals surface area contributed by atoms with Gasteiger partial charge in [-0.1, -0.05) is 13.3 Å². The maximum atomic E-state index is 11.7. The molecule has 1 atom stereocenters. The summed E-state index contributed by atoms with van der Waals surface area (Å²) in [5.74, 6) is -1.69. The third kappa shape index (κ3) is 3.41. The molecule has 1 heterocycles. The number of amides is 1. The van der Waals surface area contributed by atoms with Gasteiger partial charge >= 0.3 is 5.97 Å². The fourth-order valence-electron chi connectivity index (χ4n) is 1.40. The second-order valence-corrected chi connectivity index (χ2v) is 3.83. The second-order valence-electron chi connectivity index (χ2n) is 3.83. The molecule has 0 fully saturated rings.